The molecule has 1 aliphatic rings. The average molecular weight is 363 g/mol. The van der Waals surface area contributed by atoms with Crippen LogP contribution in [0, 0.1) is 12.7 Å². The molecule has 1 aliphatic heterocycles. The molecule has 5 nitrogen and oxygen atoms in total. The van der Waals surface area contributed by atoms with Gasteiger partial charge in [-0.3, -0.25) is 9.69 Å². The smallest absolute Gasteiger partial charge is 0.263 e. The first-order valence-electron chi connectivity index (χ1n) is 8.41. The molecule has 0 spiro atoms. The monoisotopic (exact) mass is 363 g/mol. The molecule has 0 unspecified atom stereocenters. The number of morpholine rings is 1. The number of halogens is 1. The van der Waals surface area contributed by atoms with Crippen LogP contribution in [-0.2, 0) is 17.7 Å². The topological polar surface area (TPSA) is 54.5 Å². The Balaban J connectivity index is 1.52. The minimum atomic E-state index is -0.249. The number of benzene rings is 1. The number of nitrogens with one attached hydrogen (secondary N) is 1. The van der Waals surface area contributed by atoms with E-state index >= 15 is 0 Å². The van der Waals surface area contributed by atoms with Crippen molar-refractivity contribution in [2.75, 3.05) is 32.8 Å². The Kier molecular flexibility index (Phi) is 6.12. The lowest BCUT2D eigenvalue weighted by molar-refractivity contribution is 0.0341. The number of amides is 1. The van der Waals surface area contributed by atoms with E-state index in [1.807, 2.05) is 6.92 Å². The van der Waals surface area contributed by atoms with Crippen molar-refractivity contribution in [3.05, 3.63) is 51.2 Å². The molecule has 0 saturated carbocycles. The van der Waals surface area contributed by atoms with Crippen molar-refractivity contribution >= 4 is 17.2 Å². The minimum absolute atomic E-state index is 0.0923. The third-order valence-electron chi connectivity index (χ3n) is 4.12. The molecule has 7 heteroatoms. The van der Waals surface area contributed by atoms with Gasteiger partial charge in [0.15, 0.2) is 0 Å². The summed E-state index contributed by atoms with van der Waals surface area (Å²) in [5, 5.41) is 3.89. The van der Waals surface area contributed by atoms with Crippen LogP contribution in [0.1, 0.15) is 25.9 Å². The summed E-state index contributed by atoms with van der Waals surface area (Å²) in [5.41, 5.74) is 1.77. The molecule has 1 amide bonds. The second-order valence-electron chi connectivity index (χ2n) is 6.04. The molecule has 0 atom stereocenters. The van der Waals surface area contributed by atoms with E-state index in [1.165, 1.54) is 23.5 Å². The van der Waals surface area contributed by atoms with Crippen LogP contribution in [0.3, 0.4) is 0 Å². The van der Waals surface area contributed by atoms with E-state index in [-0.39, 0.29) is 11.7 Å². The second-order valence-corrected chi connectivity index (χ2v) is 7.13. The Morgan fingerprint density at radius 2 is 2.04 bits per heavy atom. The number of thiazole rings is 1. The van der Waals surface area contributed by atoms with E-state index in [9.17, 15) is 9.18 Å². The number of aromatic nitrogens is 1. The third-order valence-corrected chi connectivity index (χ3v) is 5.26. The van der Waals surface area contributed by atoms with Gasteiger partial charge in [0.2, 0.25) is 0 Å². The summed E-state index contributed by atoms with van der Waals surface area (Å²) in [4.78, 5) is 19.9. The predicted octanol–water partition coefficient (Wildman–Crippen LogP) is 2.40. The molecule has 0 aliphatic carbocycles. The van der Waals surface area contributed by atoms with Crippen molar-refractivity contribution in [3.8, 4) is 0 Å². The Hall–Kier alpha value is -1.83. The number of aryl methyl sites for hydroxylation is 1. The number of ether oxygens (including phenoxy) is 1. The summed E-state index contributed by atoms with van der Waals surface area (Å²) in [7, 11) is 0. The van der Waals surface area contributed by atoms with Gasteiger partial charge in [0.05, 0.1) is 25.5 Å². The van der Waals surface area contributed by atoms with Gasteiger partial charge in [-0.1, -0.05) is 12.1 Å². The zero-order valence-corrected chi connectivity index (χ0v) is 15.1. The molecule has 1 aromatic heterocycles. The highest BCUT2D eigenvalue weighted by atomic mass is 32.1. The maximum atomic E-state index is 12.9. The summed E-state index contributed by atoms with van der Waals surface area (Å²) in [6.45, 7) is 6.45. The Morgan fingerprint density at radius 3 is 2.76 bits per heavy atom. The van der Waals surface area contributed by atoms with E-state index in [1.54, 1.807) is 12.1 Å². The van der Waals surface area contributed by atoms with Crippen LogP contribution >= 0.6 is 11.3 Å². The van der Waals surface area contributed by atoms with Crippen molar-refractivity contribution in [2.45, 2.75) is 19.9 Å². The highest BCUT2D eigenvalue weighted by Gasteiger charge is 2.18. The van der Waals surface area contributed by atoms with Crippen LogP contribution in [0.15, 0.2) is 24.3 Å². The number of carbonyl (C=O) groups is 1. The van der Waals surface area contributed by atoms with Crippen molar-refractivity contribution in [3.63, 3.8) is 0 Å². The summed E-state index contributed by atoms with van der Waals surface area (Å²) in [5.74, 6) is -0.341. The Bertz CT molecular complexity index is 712. The zero-order chi connectivity index (χ0) is 17.6. The van der Waals surface area contributed by atoms with Gasteiger partial charge in [-0.25, -0.2) is 9.37 Å². The van der Waals surface area contributed by atoms with Gasteiger partial charge in [-0.05, 0) is 31.0 Å². The van der Waals surface area contributed by atoms with Gasteiger partial charge in [0.25, 0.3) is 5.91 Å². The Labute approximate surface area is 150 Å². The SMILES string of the molecule is Cc1nc(CN2CCOCC2)sc1C(=O)NCCc1ccc(F)cc1. The van der Waals surface area contributed by atoms with Gasteiger partial charge in [-0.15, -0.1) is 11.3 Å². The molecule has 1 fully saturated rings. The third kappa shape index (κ3) is 5.07. The van der Waals surface area contributed by atoms with E-state index in [4.69, 9.17) is 4.74 Å². The van der Waals surface area contributed by atoms with E-state index in [0.29, 0.717) is 17.8 Å². The lowest BCUT2D eigenvalue weighted by atomic mass is 10.1. The minimum Gasteiger partial charge on any atom is -0.379 e. The second kappa shape index (κ2) is 8.51. The molecule has 134 valence electrons. The molecule has 0 bridgehead atoms. The highest BCUT2D eigenvalue weighted by molar-refractivity contribution is 7.13. The molecule has 2 heterocycles. The van der Waals surface area contributed by atoms with Crippen LogP contribution < -0.4 is 5.32 Å². The number of hydrogen-bond acceptors (Lipinski definition) is 5. The van der Waals surface area contributed by atoms with Crippen LogP contribution in [0.25, 0.3) is 0 Å². The number of carbonyl (C=O) groups excluding carboxylic acids is 1. The van der Waals surface area contributed by atoms with Crippen LogP contribution in [-0.4, -0.2) is 48.6 Å². The summed E-state index contributed by atoms with van der Waals surface area (Å²) in [6.07, 6.45) is 0.671. The molecular weight excluding hydrogens is 341 g/mol. The van der Waals surface area contributed by atoms with Crippen LogP contribution in [0.4, 0.5) is 4.39 Å². The van der Waals surface area contributed by atoms with Gasteiger partial charge < -0.3 is 10.1 Å². The fourth-order valence-electron chi connectivity index (χ4n) is 2.73. The van der Waals surface area contributed by atoms with Crippen molar-refractivity contribution in [1.82, 2.24) is 15.2 Å². The predicted molar refractivity (Wildman–Crippen MR) is 95.4 cm³/mol. The van der Waals surface area contributed by atoms with Gasteiger partial charge in [0, 0.05) is 19.6 Å². The summed E-state index contributed by atoms with van der Waals surface area (Å²) in [6, 6.07) is 6.34. The first kappa shape index (κ1) is 18.0. The molecule has 25 heavy (non-hydrogen) atoms. The number of hydrogen-bond donors (Lipinski definition) is 1. The fraction of sp³-hybridized carbons (Fsp3) is 0.444. The zero-order valence-electron chi connectivity index (χ0n) is 14.3. The molecule has 0 radical (unpaired) electrons. The standard InChI is InChI=1S/C18H22FN3O2S/c1-13-17(25-16(21-13)12-22-8-10-24-11-9-22)18(23)20-7-6-14-2-4-15(19)5-3-14/h2-5H,6-12H2,1H3,(H,20,23). The van der Waals surface area contributed by atoms with E-state index < -0.39 is 0 Å². The van der Waals surface area contributed by atoms with Gasteiger partial charge >= 0.3 is 0 Å². The average Bonchev–Trinajstić information content (AvgIpc) is 2.98. The van der Waals surface area contributed by atoms with Crippen molar-refractivity contribution in [2.24, 2.45) is 0 Å². The van der Waals surface area contributed by atoms with Gasteiger partial charge in [0.1, 0.15) is 15.7 Å². The summed E-state index contributed by atoms with van der Waals surface area (Å²) >= 11 is 1.45. The Morgan fingerprint density at radius 1 is 1.32 bits per heavy atom. The normalized spacial score (nSPS) is 15.3. The van der Waals surface area contributed by atoms with E-state index in [2.05, 4.69) is 15.2 Å². The highest BCUT2D eigenvalue weighted by Crippen LogP contribution is 2.20. The number of nitrogens with zero attached hydrogens (tertiary/aromatic N) is 2. The maximum Gasteiger partial charge on any atom is 0.263 e. The molecule has 1 saturated heterocycles. The largest absolute Gasteiger partial charge is 0.379 e. The lowest BCUT2D eigenvalue weighted by Gasteiger charge is -2.25. The van der Waals surface area contributed by atoms with Crippen LogP contribution in [0.2, 0.25) is 0 Å². The number of rotatable bonds is 6. The van der Waals surface area contributed by atoms with E-state index in [0.717, 1.165) is 49.1 Å². The van der Waals surface area contributed by atoms with Crippen molar-refractivity contribution < 1.29 is 13.9 Å². The van der Waals surface area contributed by atoms with Crippen molar-refractivity contribution in [1.29, 1.82) is 0 Å². The quantitative estimate of drug-likeness (QED) is 0.856. The molecule has 1 aromatic carbocycles. The van der Waals surface area contributed by atoms with Gasteiger partial charge in [-0.2, -0.15) is 0 Å². The molecule has 2 aromatic rings. The fourth-order valence-corrected chi connectivity index (χ4v) is 3.76. The maximum absolute atomic E-state index is 12.9. The molecule has 3 rings (SSSR count). The van der Waals surface area contributed by atoms with Crippen LogP contribution in [0.5, 0.6) is 0 Å². The molecular formula is C18H22FN3O2S. The summed E-state index contributed by atoms with van der Waals surface area (Å²) < 4.78 is 18.2. The lowest BCUT2D eigenvalue weighted by Crippen LogP contribution is -2.35. The first-order valence-corrected chi connectivity index (χ1v) is 9.22. The molecule has 1 N–H and O–H groups in total. The first-order chi connectivity index (χ1) is 12.1.